The molecular weight excluding hydrogens is 488 g/mol. The first-order valence-electron chi connectivity index (χ1n) is 14.4. The van der Waals surface area contributed by atoms with E-state index in [0.29, 0.717) is 5.41 Å². The Kier molecular flexibility index (Phi) is 6.77. The van der Waals surface area contributed by atoms with Crippen LogP contribution in [0.2, 0.25) is 0 Å². The lowest BCUT2D eigenvalue weighted by Gasteiger charge is -2.57. The summed E-state index contributed by atoms with van der Waals surface area (Å²) in [6.07, 6.45) is 14.5. The van der Waals surface area contributed by atoms with Gasteiger partial charge in [-0.2, -0.15) is 0 Å². The maximum atomic E-state index is 15.0. The van der Waals surface area contributed by atoms with Gasteiger partial charge in [0.1, 0.15) is 17.3 Å². The van der Waals surface area contributed by atoms with Crippen LogP contribution in [0.25, 0.3) is 0 Å². The van der Waals surface area contributed by atoms with E-state index in [1.54, 1.807) is 0 Å². The SMILES string of the molecule is O=C(O)Cc1c(F)ccc(NC(=O)c2nc(C3CCCCC3)[nH]c2CCC23CC4CC(CC(C4)C2)C3)c1F. The molecule has 5 saturated carbocycles. The Hall–Kier alpha value is -2.77. The fraction of sp³-hybridized carbons (Fsp3) is 0.633. The average molecular weight is 526 g/mol. The average Bonchev–Trinajstić information content (AvgIpc) is 3.31. The first kappa shape index (κ1) is 25.5. The number of aliphatic carboxylic acids is 1. The Balaban J connectivity index is 1.25. The third-order valence-corrected chi connectivity index (χ3v) is 9.84. The molecule has 2 aromatic rings. The monoisotopic (exact) mass is 525 g/mol. The van der Waals surface area contributed by atoms with E-state index in [2.05, 4.69) is 10.3 Å². The quantitative estimate of drug-likeness (QED) is 0.355. The van der Waals surface area contributed by atoms with Crippen molar-refractivity contribution in [1.29, 1.82) is 0 Å². The highest BCUT2D eigenvalue weighted by molar-refractivity contribution is 6.04. The van der Waals surface area contributed by atoms with Crippen molar-refractivity contribution >= 4 is 17.6 Å². The number of carboxylic acid groups (broad SMARTS) is 1. The molecule has 4 bridgehead atoms. The Morgan fingerprint density at radius 3 is 2.32 bits per heavy atom. The van der Waals surface area contributed by atoms with Crippen LogP contribution >= 0.6 is 0 Å². The molecule has 0 saturated heterocycles. The second-order valence-corrected chi connectivity index (χ2v) is 12.6. The van der Waals surface area contributed by atoms with E-state index in [-0.39, 0.29) is 17.3 Å². The fourth-order valence-electron chi connectivity index (χ4n) is 8.54. The summed E-state index contributed by atoms with van der Waals surface area (Å²) in [5.74, 6) is -0.217. The van der Waals surface area contributed by atoms with Crippen molar-refractivity contribution in [2.24, 2.45) is 23.2 Å². The molecule has 0 radical (unpaired) electrons. The van der Waals surface area contributed by atoms with Crippen molar-refractivity contribution in [3.63, 3.8) is 0 Å². The molecule has 5 aliphatic rings. The lowest BCUT2D eigenvalue weighted by atomic mass is 9.48. The summed E-state index contributed by atoms with van der Waals surface area (Å²) in [6, 6.07) is 2.13. The number of aromatic amines is 1. The number of carboxylic acids is 1. The summed E-state index contributed by atoms with van der Waals surface area (Å²) in [6.45, 7) is 0. The van der Waals surface area contributed by atoms with Crippen LogP contribution in [0.1, 0.15) is 111 Å². The number of aryl methyl sites for hydroxylation is 1. The predicted octanol–water partition coefficient (Wildman–Crippen LogP) is 6.76. The van der Waals surface area contributed by atoms with Gasteiger partial charge in [-0.1, -0.05) is 19.3 Å². The maximum absolute atomic E-state index is 15.0. The topological polar surface area (TPSA) is 95.1 Å². The zero-order valence-corrected chi connectivity index (χ0v) is 21.8. The van der Waals surface area contributed by atoms with Gasteiger partial charge in [0.2, 0.25) is 0 Å². The number of nitrogens with one attached hydrogen (secondary N) is 2. The second kappa shape index (κ2) is 10.1. The molecule has 1 aromatic carbocycles. The highest BCUT2D eigenvalue weighted by atomic mass is 19.1. The van der Waals surface area contributed by atoms with Gasteiger partial charge in [-0.15, -0.1) is 0 Å². The first-order chi connectivity index (χ1) is 18.3. The van der Waals surface area contributed by atoms with Crippen LogP contribution in [0, 0.1) is 34.8 Å². The standard InChI is InChI=1S/C30H37F2N3O3/c31-22-6-7-23(26(32)21(22)13-25(36)37)34-29(38)27-24(33-28(35-27)20-4-2-1-3-5-20)8-9-30-14-17-10-18(15-30)12-19(11-17)16-30/h6-7,17-20H,1-5,8-16H2,(H,33,35)(H,34,38)(H,36,37). The molecule has 0 atom stereocenters. The van der Waals surface area contributed by atoms with Gasteiger partial charge in [0.05, 0.1) is 12.1 Å². The Bertz CT molecular complexity index is 1200. The molecule has 204 valence electrons. The first-order valence-corrected chi connectivity index (χ1v) is 14.4. The molecule has 0 unspecified atom stereocenters. The minimum Gasteiger partial charge on any atom is -0.481 e. The van der Waals surface area contributed by atoms with E-state index < -0.39 is 35.5 Å². The number of nitrogens with zero attached hydrogens (tertiary/aromatic N) is 1. The summed E-state index contributed by atoms with van der Waals surface area (Å²) < 4.78 is 29.1. The predicted molar refractivity (Wildman–Crippen MR) is 139 cm³/mol. The molecule has 0 aliphatic heterocycles. The smallest absolute Gasteiger partial charge is 0.308 e. The number of halogens is 2. The number of carbonyl (C=O) groups is 2. The van der Waals surface area contributed by atoms with E-state index in [4.69, 9.17) is 10.1 Å². The number of carbonyl (C=O) groups excluding carboxylic acids is 1. The molecule has 3 N–H and O–H groups in total. The number of aromatic nitrogens is 2. The Labute approximate surface area is 222 Å². The van der Waals surface area contributed by atoms with Crippen molar-refractivity contribution in [3.05, 3.63) is 46.5 Å². The number of anilines is 1. The van der Waals surface area contributed by atoms with Crippen molar-refractivity contribution in [1.82, 2.24) is 9.97 Å². The van der Waals surface area contributed by atoms with E-state index in [1.165, 1.54) is 44.9 Å². The molecule has 1 aromatic heterocycles. The number of rotatable bonds is 8. The van der Waals surface area contributed by atoms with Crippen LogP contribution in [-0.4, -0.2) is 27.0 Å². The van der Waals surface area contributed by atoms with Gasteiger partial charge < -0.3 is 15.4 Å². The molecule has 6 nitrogen and oxygen atoms in total. The zero-order valence-electron chi connectivity index (χ0n) is 21.8. The maximum Gasteiger partial charge on any atom is 0.308 e. The lowest BCUT2D eigenvalue weighted by molar-refractivity contribution is -0.136. The summed E-state index contributed by atoms with van der Waals surface area (Å²) in [4.78, 5) is 32.8. The van der Waals surface area contributed by atoms with Crippen LogP contribution in [0.15, 0.2) is 12.1 Å². The lowest BCUT2D eigenvalue weighted by Crippen LogP contribution is -2.46. The molecule has 8 heteroatoms. The molecule has 5 fully saturated rings. The molecule has 38 heavy (non-hydrogen) atoms. The molecular formula is C30H37F2N3O3. The number of benzene rings is 1. The van der Waals surface area contributed by atoms with Crippen molar-refractivity contribution in [2.45, 2.75) is 95.8 Å². The highest BCUT2D eigenvalue weighted by Gasteiger charge is 2.50. The molecule has 7 rings (SSSR count). The fourth-order valence-corrected chi connectivity index (χ4v) is 8.54. The van der Waals surface area contributed by atoms with Crippen LogP contribution in [-0.2, 0) is 17.6 Å². The molecule has 1 heterocycles. The van der Waals surface area contributed by atoms with Gasteiger partial charge in [0, 0.05) is 17.2 Å². The molecule has 0 spiro atoms. The number of hydrogen-bond acceptors (Lipinski definition) is 3. The normalized spacial score (nSPS) is 28.5. The summed E-state index contributed by atoms with van der Waals surface area (Å²) in [7, 11) is 0. The van der Waals surface area contributed by atoms with Gasteiger partial charge in [0.25, 0.3) is 5.91 Å². The minimum absolute atomic E-state index is 0.234. The van der Waals surface area contributed by atoms with Gasteiger partial charge in [0.15, 0.2) is 5.82 Å². The van der Waals surface area contributed by atoms with Crippen LogP contribution < -0.4 is 5.32 Å². The Morgan fingerprint density at radius 2 is 1.68 bits per heavy atom. The van der Waals surface area contributed by atoms with E-state index in [0.717, 1.165) is 79.9 Å². The number of H-pyrrole nitrogens is 1. The van der Waals surface area contributed by atoms with Crippen LogP contribution in [0.5, 0.6) is 0 Å². The summed E-state index contributed by atoms with van der Waals surface area (Å²) >= 11 is 0. The van der Waals surface area contributed by atoms with E-state index in [1.807, 2.05) is 0 Å². The van der Waals surface area contributed by atoms with E-state index >= 15 is 0 Å². The van der Waals surface area contributed by atoms with Crippen molar-refractivity contribution in [2.75, 3.05) is 5.32 Å². The number of imidazole rings is 1. The largest absolute Gasteiger partial charge is 0.481 e. The summed E-state index contributed by atoms with van der Waals surface area (Å²) in [5.41, 5.74) is 0.628. The minimum atomic E-state index is -1.34. The molecule has 1 amide bonds. The van der Waals surface area contributed by atoms with Crippen molar-refractivity contribution in [3.8, 4) is 0 Å². The van der Waals surface area contributed by atoms with Gasteiger partial charge in [-0.05, 0) is 99.5 Å². The van der Waals surface area contributed by atoms with Gasteiger partial charge in [-0.25, -0.2) is 13.8 Å². The van der Waals surface area contributed by atoms with Crippen LogP contribution in [0.3, 0.4) is 0 Å². The number of amides is 1. The second-order valence-electron chi connectivity index (χ2n) is 12.6. The Morgan fingerprint density at radius 1 is 1.03 bits per heavy atom. The van der Waals surface area contributed by atoms with Gasteiger partial charge >= 0.3 is 5.97 Å². The summed E-state index contributed by atoms with van der Waals surface area (Å²) in [5, 5.41) is 11.6. The van der Waals surface area contributed by atoms with Gasteiger partial charge in [-0.3, -0.25) is 9.59 Å². The van der Waals surface area contributed by atoms with Crippen LogP contribution in [0.4, 0.5) is 14.5 Å². The number of hydrogen-bond donors (Lipinski definition) is 3. The van der Waals surface area contributed by atoms with E-state index in [9.17, 15) is 18.4 Å². The third-order valence-electron chi connectivity index (χ3n) is 9.84. The zero-order chi connectivity index (χ0) is 26.4. The highest BCUT2D eigenvalue weighted by Crippen LogP contribution is 2.61. The van der Waals surface area contributed by atoms with Crippen molar-refractivity contribution < 1.29 is 23.5 Å². The molecule has 5 aliphatic carbocycles. The third kappa shape index (κ3) is 4.98.